The van der Waals surface area contributed by atoms with Gasteiger partial charge in [-0.3, -0.25) is 9.36 Å². The van der Waals surface area contributed by atoms with E-state index in [4.69, 9.17) is 4.42 Å². The summed E-state index contributed by atoms with van der Waals surface area (Å²) in [6.45, 7) is 1.84. The van der Waals surface area contributed by atoms with E-state index in [1.165, 1.54) is 4.57 Å². The van der Waals surface area contributed by atoms with E-state index in [0.29, 0.717) is 16.8 Å². The Morgan fingerprint density at radius 2 is 2.15 bits per heavy atom. The summed E-state index contributed by atoms with van der Waals surface area (Å²) in [5.74, 6) is -0.719. The van der Waals surface area contributed by atoms with Crippen molar-refractivity contribution in [2.45, 2.75) is 13.5 Å². The van der Waals surface area contributed by atoms with E-state index in [-0.39, 0.29) is 12.3 Å². The Balaban J connectivity index is 1.99. The van der Waals surface area contributed by atoms with Crippen LogP contribution in [-0.4, -0.2) is 15.3 Å². The molecule has 0 N–H and O–H groups in total. The Morgan fingerprint density at radius 3 is 2.95 bits per heavy atom. The van der Waals surface area contributed by atoms with E-state index in [2.05, 4.69) is 4.98 Å². The van der Waals surface area contributed by atoms with Crippen molar-refractivity contribution in [3.05, 3.63) is 64.3 Å². The summed E-state index contributed by atoms with van der Waals surface area (Å²) < 4.78 is 6.30. The Hall–Kier alpha value is -2.69. The van der Waals surface area contributed by atoms with Crippen LogP contribution >= 0.6 is 0 Å². The molecular weight excluding hydrogens is 256 g/mol. The molecule has 0 amide bonds. The predicted molar refractivity (Wildman–Crippen MR) is 73.8 cm³/mol. The molecule has 0 aliphatic carbocycles. The van der Waals surface area contributed by atoms with Gasteiger partial charge in [-0.25, -0.2) is 9.78 Å². The average molecular weight is 268 g/mol. The first kappa shape index (κ1) is 12.3. The van der Waals surface area contributed by atoms with Crippen molar-refractivity contribution < 1.29 is 9.21 Å². The molecule has 0 saturated carbocycles. The molecule has 5 heteroatoms. The van der Waals surface area contributed by atoms with Crippen LogP contribution in [0.4, 0.5) is 0 Å². The Bertz CT molecular complexity index is 845. The second kappa shape index (κ2) is 4.77. The molecule has 0 bridgehead atoms. The Morgan fingerprint density at radius 1 is 1.30 bits per heavy atom. The molecule has 0 atom stereocenters. The average Bonchev–Trinajstić information content (AvgIpc) is 2.75. The minimum atomic E-state index is -0.570. The van der Waals surface area contributed by atoms with Gasteiger partial charge in [-0.1, -0.05) is 23.8 Å². The van der Waals surface area contributed by atoms with Crippen LogP contribution in [-0.2, 0) is 6.54 Å². The molecule has 0 aliphatic rings. The number of aromatic nitrogens is 2. The highest BCUT2D eigenvalue weighted by molar-refractivity contribution is 5.96. The van der Waals surface area contributed by atoms with E-state index in [1.807, 2.05) is 19.1 Å². The third-order valence-electron chi connectivity index (χ3n) is 3.07. The van der Waals surface area contributed by atoms with Crippen LogP contribution in [0, 0.1) is 6.92 Å². The van der Waals surface area contributed by atoms with Crippen LogP contribution in [0.25, 0.3) is 11.2 Å². The van der Waals surface area contributed by atoms with Gasteiger partial charge < -0.3 is 4.42 Å². The molecule has 0 fully saturated rings. The molecule has 3 aromatic rings. The van der Waals surface area contributed by atoms with Crippen molar-refractivity contribution >= 4 is 17.0 Å². The van der Waals surface area contributed by atoms with Gasteiger partial charge >= 0.3 is 5.76 Å². The zero-order valence-corrected chi connectivity index (χ0v) is 10.9. The summed E-state index contributed by atoms with van der Waals surface area (Å²) >= 11 is 0. The maximum atomic E-state index is 12.2. The molecule has 3 rings (SSSR count). The summed E-state index contributed by atoms with van der Waals surface area (Å²) in [7, 11) is 0. The number of pyridine rings is 1. The van der Waals surface area contributed by atoms with Crippen LogP contribution in [0.1, 0.15) is 15.9 Å². The van der Waals surface area contributed by atoms with Crippen LogP contribution in [0.2, 0.25) is 0 Å². The molecule has 0 radical (unpaired) electrons. The molecule has 2 aromatic heterocycles. The van der Waals surface area contributed by atoms with Crippen LogP contribution in [0.3, 0.4) is 0 Å². The lowest BCUT2D eigenvalue weighted by Gasteiger charge is -2.02. The molecular formula is C15H12N2O3. The highest BCUT2D eigenvalue weighted by atomic mass is 16.4. The summed E-state index contributed by atoms with van der Waals surface area (Å²) in [5.41, 5.74) is 2.34. The molecule has 2 heterocycles. The van der Waals surface area contributed by atoms with Crippen molar-refractivity contribution in [1.29, 1.82) is 0 Å². The number of carbonyl (C=O) groups excluding carboxylic acids is 1. The first-order valence-electron chi connectivity index (χ1n) is 6.19. The molecule has 0 aliphatic heterocycles. The molecule has 1 aromatic carbocycles. The van der Waals surface area contributed by atoms with Gasteiger partial charge in [0.05, 0.1) is 6.54 Å². The number of benzene rings is 1. The van der Waals surface area contributed by atoms with Gasteiger partial charge in [0.2, 0.25) is 0 Å². The van der Waals surface area contributed by atoms with Crippen LogP contribution in [0.5, 0.6) is 0 Å². The largest absolute Gasteiger partial charge is 0.421 e. The van der Waals surface area contributed by atoms with Crippen molar-refractivity contribution in [2.75, 3.05) is 0 Å². The third-order valence-corrected chi connectivity index (χ3v) is 3.07. The highest BCUT2D eigenvalue weighted by Gasteiger charge is 2.14. The lowest BCUT2D eigenvalue weighted by atomic mass is 10.1. The second-order valence-corrected chi connectivity index (χ2v) is 4.57. The van der Waals surface area contributed by atoms with Crippen LogP contribution < -0.4 is 5.76 Å². The number of hydrogen-bond acceptors (Lipinski definition) is 4. The maximum absolute atomic E-state index is 12.2. The zero-order valence-electron chi connectivity index (χ0n) is 10.9. The van der Waals surface area contributed by atoms with E-state index in [9.17, 15) is 9.59 Å². The van der Waals surface area contributed by atoms with Gasteiger partial charge in [0, 0.05) is 11.8 Å². The molecule has 5 nitrogen and oxygen atoms in total. The minimum Gasteiger partial charge on any atom is -0.406 e. The number of rotatable bonds is 3. The molecule has 0 spiro atoms. The fraction of sp³-hybridized carbons (Fsp3) is 0.133. The van der Waals surface area contributed by atoms with Crippen molar-refractivity contribution in [1.82, 2.24) is 9.55 Å². The van der Waals surface area contributed by atoms with Gasteiger partial charge in [-0.05, 0) is 25.1 Å². The number of fused-ring (bicyclic) bond motifs is 1. The topological polar surface area (TPSA) is 65.1 Å². The molecule has 0 saturated heterocycles. The lowest BCUT2D eigenvalue weighted by molar-refractivity contribution is 0.0970. The van der Waals surface area contributed by atoms with Gasteiger partial charge in [0.1, 0.15) is 0 Å². The van der Waals surface area contributed by atoms with Crippen LogP contribution in [0.15, 0.2) is 51.8 Å². The molecule has 20 heavy (non-hydrogen) atoms. The van der Waals surface area contributed by atoms with E-state index < -0.39 is 5.76 Å². The number of hydrogen-bond donors (Lipinski definition) is 0. The number of ketones is 1. The summed E-state index contributed by atoms with van der Waals surface area (Å²) in [6.07, 6.45) is 1.56. The Kier molecular flexibility index (Phi) is 2.95. The first-order valence-corrected chi connectivity index (χ1v) is 6.19. The van der Waals surface area contributed by atoms with Gasteiger partial charge in [-0.2, -0.15) is 0 Å². The van der Waals surface area contributed by atoms with Crippen molar-refractivity contribution in [3.63, 3.8) is 0 Å². The van der Waals surface area contributed by atoms with Crippen molar-refractivity contribution in [2.24, 2.45) is 0 Å². The third kappa shape index (κ3) is 2.14. The van der Waals surface area contributed by atoms with Crippen molar-refractivity contribution in [3.8, 4) is 0 Å². The smallest absolute Gasteiger partial charge is 0.406 e. The fourth-order valence-electron chi connectivity index (χ4n) is 2.09. The van der Waals surface area contributed by atoms with E-state index in [1.54, 1.807) is 30.5 Å². The highest BCUT2D eigenvalue weighted by Crippen LogP contribution is 2.11. The number of oxazole rings is 1. The quantitative estimate of drug-likeness (QED) is 0.683. The summed E-state index contributed by atoms with van der Waals surface area (Å²) in [5, 5.41) is 0. The maximum Gasteiger partial charge on any atom is 0.421 e. The van der Waals surface area contributed by atoms with Gasteiger partial charge in [0.25, 0.3) is 0 Å². The zero-order chi connectivity index (χ0) is 14.1. The number of aryl methyl sites for hydroxylation is 1. The summed E-state index contributed by atoms with van der Waals surface area (Å²) in [4.78, 5) is 28.1. The fourth-order valence-corrected chi connectivity index (χ4v) is 2.09. The minimum absolute atomic E-state index is 0.0771. The molecule has 0 unspecified atom stereocenters. The predicted octanol–water partition coefficient (Wildman–Crippen LogP) is 2.18. The monoisotopic (exact) mass is 268 g/mol. The normalized spacial score (nSPS) is 10.8. The summed E-state index contributed by atoms with van der Waals surface area (Å²) in [6, 6.07) is 10.6. The first-order chi connectivity index (χ1) is 9.65. The second-order valence-electron chi connectivity index (χ2n) is 4.57. The Labute approximate surface area is 114 Å². The van der Waals surface area contributed by atoms with Gasteiger partial charge in [0.15, 0.2) is 17.0 Å². The van der Waals surface area contributed by atoms with E-state index in [0.717, 1.165) is 5.56 Å². The number of Topliss-reactive ketones (excluding diaryl/α,β-unsaturated/α-hetero) is 1. The van der Waals surface area contributed by atoms with Gasteiger partial charge in [-0.15, -0.1) is 0 Å². The SMILES string of the molecule is Cc1cccc(C(=O)Cn2c(=O)oc3cccnc32)c1. The number of nitrogens with zero attached hydrogens (tertiary/aromatic N) is 2. The van der Waals surface area contributed by atoms with E-state index >= 15 is 0 Å². The lowest BCUT2D eigenvalue weighted by Crippen LogP contribution is -2.20. The molecule has 100 valence electrons. The number of carbonyl (C=O) groups is 1. The standard InChI is InChI=1S/C15H12N2O3/c1-10-4-2-5-11(8-10)12(18)9-17-14-13(20-15(17)19)6-3-7-16-14/h2-8H,9H2,1H3.